The summed E-state index contributed by atoms with van der Waals surface area (Å²) in [6, 6.07) is 11.4. The zero-order chi connectivity index (χ0) is 26.1. The topological polar surface area (TPSA) is 79.2 Å². The Morgan fingerprint density at radius 1 is 1.05 bits per heavy atom. The van der Waals surface area contributed by atoms with Crippen LogP contribution in [0.4, 0.5) is 17.3 Å². The van der Waals surface area contributed by atoms with E-state index in [4.69, 9.17) is 23.2 Å². The van der Waals surface area contributed by atoms with Crippen LogP contribution in [0.25, 0.3) is 16.6 Å². The van der Waals surface area contributed by atoms with Crippen LogP contribution in [0.2, 0.25) is 10.0 Å². The number of likely N-dealkylation sites (N-methyl/N-ethyl adjacent to an activating group) is 1. The summed E-state index contributed by atoms with van der Waals surface area (Å²) in [6.45, 7) is 8.33. The lowest BCUT2D eigenvalue weighted by molar-refractivity contribution is 0.360. The van der Waals surface area contributed by atoms with Gasteiger partial charge in [-0.2, -0.15) is 9.78 Å². The molecule has 8 nitrogen and oxygen atoms in total. The van der Waals surface area contributed by atoms with Gasteiger partial charge in [0.2, 0.25) is 5.95 Å². The molecular weight excluding hydrogens is 509 g/mol. The number of aryl methyl sites for hydroxylation is 2. The molecule has 0 unspecified atom stereocenters. The Kier molecular flexibility index (Phi) is 7.33. The van der Waals surface area contributed by atoms with Crippen LogP contribution in [0.3, 0.4) is 0 Å². The van der Waals surface area contributed by atoms with E-state index >= 15 is 0 Å². The van der Waals surface area contributed by atoms with Gasteiger partial charge in [0.25, 0.3) is 5.56 Å². The third-order valence-corrected chi connectivity index (χ3v) is 7.31. The minimum Gasteiger partial charge on any atom is -0.370 e. The first kappa shape index (κ1) is 25.4. The molecular formula is C27H29Cl2N7O. The normalized spacial score (nSPS) is 14.7. The van der Waals surface area contributed by atoms with Crippen molar-refractivity contribution < 1.29 is 0 Å². The average Bonchev–Trinajstić information content (AvgIpc) is 3.09. The fourth-order valence-electron chi connectivity index (χ4n) is 4.73. The molecule has 0 amide bonds. The second-order valence-corrected chi connectivity index (χ2v) is 10.1. The van der Waals surface area contributed by atoms with Crippen molar-refractivity contribution >= 4 is 51.4 Å². The van der Waals surface area contributed by atoms with Gasteiger partial charge in [0.1, 0.15) is 11.2 Å². The standard InChI is InChI=1S/C27H29Cl2N7O/c1-4-22-24-19(26(37)36(33-22)25-20(28)7-5-8-21(25)29)16-30-27(32-24)31-18-9-10-23(17(2)15-18)35-12-6-11-34(3)13-14-35/h5,7-10,15-16H,4,6,11-14H2,1-3H3,(H,30,31,32). The van der Waals surface area contributed by atoms with Crippen LogP contribution in [-0.4, -0.2) is 57.9 Å². The minimum atomic E-state index is -0.378. The molecule has 2 aromatic carbocycles. The molecule has 1 saturated heterocycles. The van der Waals surface area contributed by atoms with E-state index < -0.39 is 0 Å². The third kappa shape index (κ3) is 5.14. The highest BCUT2D eigenvalue weighted by Gasteiger charge is 2.18. The highest BCUT2D eigenvalue weighted by atomic mass is 35.5. The zero-order valence-corrected chi connectivity index (χ0v) is 22.6. The molecule has 0 saturated carbocycles. The number of hydrogen-bond acceptors (Lipinski definition) is 7. The smallest absolute Gasteiger partial charge is 0.282 e. The molecule has 4 aromatic rings. The number of halogens is 2. The summed E-state index contributed by atoms with van der Waals surface area (Å²) in [5, 5.41) is 8.89. The van der Waals surface area contributed by atoms with E-state index in [1.165, 1.54) is 22.1 Å². The summed E-state index contributed by atoms with van der Waals surface area (Å²) in [5.74, 6) is 0.403. The van der Waals surface area contributed by atoms with Crippen molar-refractivity contribution in [2.45, 2.75) is 26.7 Å². The van der Waals surface area contributed by atoms with Gasteiger partial charge in [0.05, 0.1) is 21.1 Å². The van der Waals surface area contributed by atoms with Gasteiger partial charge in [-0.3, -0.25) is 4.79 Å². The van der Waals surface area contributed by atoms with Crippen molar-refractivity contribution in [3.8, 4) is 5.69 Å². The minimum absolute atomic E-state index is 0.341. The Bertz CT molecular complexity index is 1500. The predicted octanol–water partition coefficient (Wildman–Crippen LogP) is 5.24. The lowest BCUT2D eigenvalue weighted by Gasteiger charge is -2.25. The molecule has 1 fully saturated rings. The van der Waals surface area contributed by atoms with Crippen molar-refractivity contribution in [3.05, 3.63) is 74.3 Å². The molecule has 0 spiro atoms. The number of nitrogens with zero attached hydrogens (tertiary/aromatic N) is 6. The molecule has 37 heavy (non-hydrogen) atoms. The van der Waals surface area contributed by atoms with Crippen molar-refractivity contribution in [2.75, 3.05) is 43.4 Å². The van der Waals surface area contributed by atoms with Gasteiger partial charge in [-0.05, 0) is 69.3 Å². The lowest BCUT2D eigenvalue weighted by atomic mass is 10.1. The number of aromatic nitrogens is 4. The van der Waals surface area contributed by atoms with Crippen molar-refractivity contribution in [2.24, 2.45) is 0 Å². The molecule has 0 aliphatic carbocycles. The first-order valence-corrected chi connectivity index (χ1v) is 13.2. The van der Waals surface area contributed by atoms with Crippen LogP contribution < -0.4 is 15.8 Å². The number of nitrogens with one attached hydrogen (secondary N) is 1. The second kappa shape index (κ2) is 10.7. The summed E-state index contributed by atoms with van der Waals surface area (Å²) < 4.78 is 1.24. The molecule has 0 bridgehead atoms. The van der Waals surface area contributed by atoms with Gasteiger partial charge in [0.15, 0.2) is 0 Å². The maximum atomic E-state index is 13.3. The molecule has 0 atom stereocenters. The molecule has 3 heterocycles. The first-order chi connectivity index (χ1) is 17.9. The van der Waals surface area contributed by atoms with Crippen molar-refractivity contribution in [3.63, 3.8) is 0 Å². The summed E-state index contributed by atoms with van der Waals surface area (Å²) in [5.41, 5.74) is 4.44. The Morgan fingerprint density at radius 2 is 1.84 bits per heavy atom. The first-order valence-electron chi connectivity index (χ1n) is 12.4. The van der Waals surface area contributed by atoms with Gasteiger partial charge in [-0.1, -0.05) is 36.2 Å². The molecule has 192 valence electrons. The van der Waals surface area contributed by atoms with Gasteiger partial charge >= 0.3 is 0 Å². The quantitative estimate of drug-likeness (QED) is 0.372. The van der Waals surface area contributed by atoms with Gasteiger partial charge in [-0.25, -0.2) is 9.97 Å². The van der Waals surface area contributed by atoms with E-state index in [1.54, 1.807) is 18.2 Å². The van der Waals surface area contributed by atoms with E-state index in [9.17, 15) is 4.79 Å². The maximum Gasteiger partial charge on any atom is 0.282 e. The third-order valence-electron chi connectivity index (χ3n) is 6.70. The highest BCUT2D eigenvalue weighted by molar-refractivity contribution is 6.37. The van der Waals surface area contributed by atoms with Crippen LogP contribution in [0.1, 0.15) is 24.6 Å². The molecule has 1 aliphatic heterocycles. The average molecular weight is 538 g/mol. The van der Waals surface area contributed by atoms with Crippen LogP contribution in [0, 0.1) is 6.92 Å². The Morgan fingerprint density at radius 3 is 2.57 bits per heavy atom. The molecule has 1 N–H and O–H groups in total. The lowest BCUT2D eigenvalue weighted by Crippen LogP contribution is -2.29. The van der Waals surface area contributed by atoms with E-state index in [-0.39, 0.29) is 5.56 Å². The van der Waals surface area contributed by atoms with Crippen LogP contribution in [0.5, 0.6) is 0 Å². The van der Waals surface area contributed by atoms with Crippen molar-refractivity contribution in [1.82, 2.24) is 24.6 Å². The molecule has 0 radical (unpaired) electrons. The number of anilines is 3. The largest absolute Gasteiger partial charge is 0.370 e. The van der Waals surface area contributed by atoms with Gasteiger partial charge in [0, 0.05) is 37.2 Å². The Labute approximate surface area is 225 Å². The summed E-state index contributed by atoms with van der Waals surface area (Å²) in [6.07, 6.45) is 3.25. The maximum absolute atomic E-state index is 13.3. The molecule has 2 aromatic heterocycles. The van der Waals surface area contributed by atoms with Crippen LogP contribution >= 0.6 is 23.2 Å². The van der Waals surface area contributed by atoms with Gasteiger partial charge < -0.3 is 15.1 Å². The van der Waals surface area contributed by atoms with E-state index in [0.29, 0.717) is 44.7 Å². The monoisotopic (exact) mass is 537 g/mol. The summed E-state index contributed by atoms with van der Waals surface area (Å²) in [7, 11) is 2.17. The Balaban J connectivity index is 1.47. The fourth-order valence-corrected chi connectivity index (χ4v) is 5.29. The highest BCUT2D eigenvalue weighted by Crippen LogP contribution is 2.29. The second-order valence-electron chi connectivity index (χ2n) is 9.31. The van der Waals surface area contributed by atoms with Crippen molar-refractivity contribution in [1.29, 1.82) is 0 Å². The summed E-state index contributed by atoms with van der Waals surface area (Å²) >= 11 is 12.7. The van der Waals surface area contributed by atoms with E-state index in [1.807, 2.05) is 13.0 Å². The molecule has 10 heteroatoms. The van der Waals surface area contributed by atoms with E-state index in [0.717, 1.165) is 38.3 Å². The van der Waals surface area contributed by atoms with E-state index in [2.05, 4.69) is 56.3 Å². The number of para-hydroxylation sites is 1. The van der Waals surface area contributed by atoms with Gasteiger partial charge in [-0.15, -0.1) is 0 Å². The fraction of sp³-hybridized carbons (Fsp3) is 0.333. The number of fused-ring (bicyclic) bond motifs is 1. The summed E-state index contributed by atoms with van der Waals surface area (Å²) in [4.78, 5) is 27.2. The SMILES string of the molecule is CCc1nn(-c2c(Cl)cccc2Cl)c(=O)c2cnc(Nc3ccc(N4CCCN(C)CC4)c(C)c3)nc12. The number of rotatable bonds is 5. The zero-order valence-electron chi connectivity index (χ0n) is 21.1. The molecule has 5 rings (SSSR count). The predicted molar refractivity (Wildman–Crippen MR) is 151 cm³/mol. The van der Waals surface area contributed by atoms with Crippen LogP contribution in [0.15, 0.2) is 47.4 Å². The van der Waals surface area contributed by atoms with Crippen LogP contribution in [-0.2, 0) is 6.42 Å². The number of benzene rings is 2. The molecule has 1 aliphatic rings. The number of hydrogen-bond donors (Lipinski definition) is 1. The Hall–Kier alpha value is -3.20.